The quantitative estimate of drug-likeness (QED) is 0.548. The molecule has 4 rings (SSSR count). The van der Waals surface area contributed by atoms with E-state index >= 15 is 0 Å². The van der Waals surface area contributed by atoms with Crippen LogP contribution in [0.2, 0.25) is 0 Å². The van der Waals surface area contributed by atoms with Crippen LogP contribution in [0.1, 0.15) is 16.7 Å². The molecule has 0 saturated heterocycles. The average Bonchev–Trinajstić information content (AvgIpc) is 3.19. The molecule has 134 valence electrons. The van der Waals surface area contributed by atoms with Crippen LogP contribution in [-0.2, 0) is 11.3 Å². The topological polar surface area (TPSA) is 47.6 Å². The number of carbonyl (C=O) groups is 1. The maximum Gasteiger partial charge on any atom is 0.252 e. The fraction of sp³-hybridized carbons (Fsp3) is 0.0870. The van der Waals surface area contributed by atoms with Crippen molar-refractivity contribution in [3.63, 3.8) is 0 Å². The predicted octanol–water partition coefficient (Wildman–Crippen LogP) is 4.27. The molecule has 4 heteroatoms. The number of benzene rings is 3. The molecule has 1 aliphatic heterocycles. The molecule has 0 aliphatic carbocycles. The molecule has 0 bridgehead atoms. The van der Waals surface area contributed by atoms with E-state index in [1.807, 2.05) is 84.9 Å². The van der Waals surface area contributed by atoms with Crippen LogP contribution in [0.5, 0.6) is 11.5 Å². The zero-order valence-corrected chi connectivity index (χ0v) is 14.7. The Hall–Kier alpha value is -3.53. The van der Waals surface area contributed by atoms with Crippen LogP contribution in [0.4, 0.5) is 0 Å². The van der Waals surface area contributed by atoms with E-state index < -0.39 is 0 Å². The monoisotopic (exact) mass is 357 g/mol. The minimum Gasteiger partial charge on any atom is -0.454 e. The van der Waals surface area contributed by atoms with Crippen LogP contribution >= 0.6 is 0 Å². The van der Waals surface area contributed by atoms with Gasteiger partial charge in [-0.15, -0.1) is 0 Å². The average molecular weight is 357 g/mol. The molecule has 1 N–H and O–H groups in total. The van der Waals surface area contributed by atoms with E-state index in [1.54, 1.807) is 0 Å². The van der Waals surface area contributed by atoms with Gasteiger partial charge in [0.15, 0.2) is 11.5 Å². The first-order valence-electron chi connectivity index (χ1n) is 8.78. The van der Waals surface area contributed by atoms with Gasteiger partial charge in [-0.25, -0.2) is 0 Å². The summed E-state index contributed by atoms with van der Waals surface area (Å²) in [6.07, 6.45) is 1.91. The summed E-state index contributed by atoms with van der Waals surface area (Å²) in [6.45, 7) is 0.650. The number of carbonyl (C=O) groups excluding carboxylic acids is 1. The first kappa shape index (κ1) is 16.9. The van der Waals surface area contributed by atoms with Crippen LogP contribution < -0.4 is 14.8 Å². The maximum absolute atomic E-state index is 12.9. The van der Waals surface area contributed by atoms with Crippen molar-refractivity contribution in [2.45, 2.75) is 6.54 Å². The van der Waals surface area contributed by atoms with E-state index in [1.165, 1.54) is 0 Å². The van der Waals surface area contributed by atoms with Crippen molar-refractivity contribution in [2.24, 2.45) is 0 Å². The van der Waals surface area contributed by atoms with Gasteiger partial charge in [0.05, 0.1) is 0 Å². The van der Waals surface area contributed by atoms with Crippen LogP contribution in [-0.4, -0.2) is 12.7 Å². The Morgan fingerprint density at radius 2 is 1.59 bits per heavy atom. The zero-order valence-electron chi connectivity index (χ0n) is 14.7. The van der Waals surface area contributed by atoms with E-state index in [4.69, 9.17) is 9.47 Å². The standard InChI is InChI=1S/C23H19NO3/c25-23(24-15-18-11-12-21-22(14-18)27-16-26-21)20(19-9-5-2-6-10-19)13-17-7-3-1-4-8-17/h1-14H,15-16H2,(H,24,25)/b20-13-. The lowest BCUT2D eigenvalue weighted by Crippen LogP contribution is -2.23. The number of rotatable bonds is 5. The highest BCUT2D eigenvalue weighted by atomic mass is 16.7. The van der Waals surface area contributed by atoms with E-state index in [0.29, 0.717) is 17.9 Å². The molecule has 0 radical (unpaired) electrons. The molecule has 3 aromatic carbocycles. The van der Waals surface area contributed by atoms with Crippen LogP contribution in [0, 0.1) is 0 Å². The predicted molar refractivity (Wildman–Crippen MR) is 105 cm³/mol. The molecule has 4 nitrogen and oxygen atoms in total. The number of ether oxygens (including phenoxy) is 2. The Morgan fingerprint density at radius 1 is 0.889 bits per heavy atom. The number of hydrogen-bond donors (Lipinski definition) is 1. The molecular weight excluding hydrogens is 338 g/mol. The van der Waals surface area contributed by atoms with Gasteiger partial charge < -0.3 is 14.8 Å². The molecule has 27 heavy (non-hydrogen) atoms. The van der Waals surface area contributed by atoms with Gasteiger partial charge >= 0.3 is 0 Å². The van der Waals surface area contributed by atoms with Crippen molar-refractivity contribution in [2.75, 3.05) is 6.79 Å². The van der Waals surface area contributed by atoms with E-state index in [-0.39, 0.29) is 12.7 Å². The molecular formula is C23H19NO3. The largest absolute Gasteiger partial charge is 0.454 e. The van der Waals surface area contributed by atoms with Gasteiger partial charge in [-0.1, -0.05) is 66.7 Å². The first-order chi connectivity index (χ1) is 13.3. The molecule has 0 unspecified atom stereocenters. The first-order valence-corrected chi connectivity index (χ1v) is 8.78. The van der Waals surface area contributed by atoms with Gasteiger partial charge in [0.1, 0.15) is 0 Å². The van der Waals surface area contributed by atoms with E-state index in [9.17, 15) is 4.79 Å². The summed E-state index contributed by atoms with van der Waals surface area (Å²) in [5.74, 6) is 1.33. The second-order valence-electron chi connectivity index (χ2n) is 6.21. The smallest absolute Gasteiger partial charge is 0.252 e. The summed E-state index contributed by atoms with van der Waals surface area (Å²) in [5, 5.41) is 3.01. The Labute approximate surface area is 158 Å². The third kappa shape index (κ3) is 4.01. The van der Waals surface area contributed by atoms with E-state index in [2.05, 4.69) is 5.32 Å². The van der Waals surface area contributed by atoms with Crippen molar-refractivity contribution in [3.8, 4) is 11.5 Å². The van der Waals surface area contributed by atoms with Gasteiger partial charge in [-0.3, -0.25) is 4.79 Å². The summed E-state index contributed by atoms with van der Waals surface area (Å²) in [4.78, 5) is 12.9. The normalized spacial score (nSPS) is 12.7. The highest BCUT2D eigenvalue weighted by molar-refractivity contribution is 6.24. The van der Waals surface area contributed by atoms with Gasteiger partial charge in [-0.2, -0.15) is 0 Å². The lowest BCUT2D eigenvalue weighted by molar-refractivity contribution is -0.115. The van der Waals surface area contributed by atoms with Crippen molar-refractivity contribution < 1.29 is 14.3 Å². The molecule has 1 amide bonds. The molecule has 0 saturated carbocycles. The highest BCUT2D eigenvalue weighted by Crippen LogP contribution is 2.32. The highest BCUT2D eigenvalue weighted by Gasteiger charge is 2.15. The summed E-state index contributed by atoms with van der Waals surface area (Å²) in [5.41, 5.74) is 3.45. The van der Waals surface area contributed by atoms with Crippen molar-refractivity contribution in [1.29, 1.82) is 0 Å². The summed E-state index contributed by atoms with van der Waals surface area (Å²) in [6, 6.07) is 25.2. The number of nitrogens with one attached hydrogen (secondary N) is 1. The van der Waals surface area contributed by atoms with Crippen LogP contribution in [0.3, 0.4) is 0 Å². The van der Waals surface area contributed by atoms with Gasteiger partial charge in [-0.05, 0) is 34.9 Å². The molecule has 1 aliphatic rings. The van der Waals surface area contributed by atoms with E-state index in [0.717, 1.165) is 22.4 Å². The number of fused-ring (bicyclic) bond motifs is 1. The lowest BCUT2D eigenvalue weighted by Gasteiger charge is -2.10. The molecule has 3 aromatic rings. The third-order valence-electron chi connectivity index (χ3n) is 4.33. The lowest BCUT2D eigenvalue weighted by atomic mass is 10.0. The van der Waals surface area contributed by atoms with Crippen molar-refractivity contribution >= 4 is 17.6 Å². The summed E-state index contributed by atoms with van der Waals surface area (Å²) >= 11 is 0. The minimum absolute atomic E-state index is 0.122. The second-order valence-corrected chi connectivity index (χ2v) is 6.21. The Morgan fingerprint density at radius 3 is 2.37 bits per heavy atom. The molecule has 0 fully saturated rings. The molecule has 1 heterocycles. The Bertz CT molecular complexity index is 965. The molecule has 0 atom stereocenters. The van der Waals surface area contributed by atoms with Gasteiger partial charge in [0.2, 0.25) is 6.79 Å². The third-order valence-corrected chi connectivity index (χ3v) is 4.33. The van der Waals surface area contributed by atoms with Crippen LogP contribution in [0.25, 0.3) is 11.6 Å². The van der Waals surface area contributed by atoms with Gasteiger partial charge in [0.25, 0.3) is 5.91 Å². The zero-order chi connectivity index (χ0) is 18.5. The van der Waals surface area contributed by atoms with Crippen molar-refractivity contribution in [3.05, 3.63) is 95.6 Å². The minimum atomic E-state index is -0.122. The summed E-state index contributed by atoms with van der Waals surface area (Å²) in [7, 11) is 0. The van der Waals surface area contributed by atoms with Gasteiger partial charge in [0, 0.05) is 12.1 Å². The Kier molecular flexibility index (Phi) is 4.88. The van der Waals surface area contributed by atoms with Crippen molar-refractivity contribution in [1.82, 2.24) is 5.32 Å². The maximum atomic E-state index is 12.9. The fourth-order valence-electron chi connectivity index (χ4n) is 2.94. The second kappa shape index (κ2) is 7.79. The summed E-state index contributed by atoms with van der Waals surface area (Å²) < 4.78 is 10.7. The molecule has 0 aromatic heterocycles. The molecule has 0 spiro atoms. The van der Waals surface area contributed by atoms with Crippen LogP contribution in [0.15, 0.2) is 78.9 Å². The Balaban J connectivity index is 1.55. The number of hydrogen-bond acceptors (Lipinski definition) is 3. The SMILES string of the molecule is O=C(NCc1ccc2c(c1)OCO2)/C(=C\c1ccccc1)c1ccccc1. The number of amides is 1. The fourth-order valence-corrected chi connectivity index (χ4v) is 2.94.